The van der Waals surface area contributed by atoms with E-state index >= 15 is 0 Å². The fourth-order valence-corrected chi connectivity index (χ4v) is 1.55. The molecule has 2 rings (SSSR count). The van der Waals surface area contributed by atoms with Gasteiger partial charge in [0.05, 0.1) is 11.6 Å². The van der Waals surface area contributed by atoms with Crippen LogP contribution in [0.2, 0.25) is 0 Å². The average Bonchev–Trinajstić information content (AvgIpc) is 2.33. The lowest BCUT2D eigenvalue weighted by Crippen LogP contribution is -1.94. The van der Waals surface area contributed by atoms with E-state index in [2.05, 4.69) is 4.98 Å². The van der Waals surface area contributed by atoms with E-state index in [4.69, 9.17) is 10.00 Å². The molecule has 0 aliphatic carbocycles. The summed E-state index contributed by atoms with van der Waals surface area (Å²) in [7, 11) is 0. The summed E-state index contributed by atoms with van der Waals surface area (Å²) in [4.78, 5) is 4.15. The zero-order chi connectivity index (χ0) is 13.1. The minimum Gasteiger partial charge on any atom is -0.439 e. The number of hydrogen-bond donors (Lipinski definition) is 0. The van der Waals surface area contributed by atoms with Gasteiger partial charge in [-0.25, -0.2) is 9.37 Å². The van der Waals surface area contributed by atoms with Crippen LogP contribution in [0.4, 0.5) is 4.39 Å². The first-order valence-corrected chi connectivity index (χ1v) is 5.41. The van der Waals surface area contributed by atoms with Crippen LogP contribution in [0.5, 0.6) is 11.6 Å². The predicted molar refractivity (Wildman–Crippen MR) is 64.9 cm³/mol. The van der Waals surface area contributed by atoms with Crippen LogP contribution in [0.3, 0.4) is 0 Å². The Kier molecular flexibility index (Phi) is 3.24. The van der Waals surface area contributed by atoms with E-state index in [-0.39, 0.29) is 5.82 Å². The summed E-state index contributed by atoms with van der Waals surface area (Å²) < 4.78 is 18.6. The summed E-state index contributed by atoms with van der Waals surface area (Å²) in [5.74, 6) is 0.320. The number of rotatable bonds is 2. The number of pyridine rings is 1. The number of ether oxygens (including phenoxy) is 1. The van der Waals surface area contributed by atoms with Gasteiger partial charge in [0, 0.05) is 17.8 Å². The first kappa shape index (κ1) is 12.1. The van der Waals surface area contributed by atoms with Gasteiger partial charge in [-0.1, -0.05) is 6.07 Å². The Balaban J connectivity index is 2.37. The lowest BCUT2D eigenvalue weighted by molar-refractivity contribution is 0.453. The number of aryl methyl sites for hydroxylation is 2. The maximum atomic E-state index is 13.1. The SMILES string of the molecule is Cc1cc(C#N)cc(Oc2cc(F)ccc2C)n1. The van der Waals surface area contributed by atoms with Crippen molar-refractivity contribution in [2.24, 2.45) is 0 Å². The van der Waals surface area contributed by atoms with Gasteiger partial charge in [0.1, 0.15) is 11.6 Å². The van der Waals surface area contributed by atoms with Gasteiger partial charge in [-0.2, -0.15) is 5.26 Å². The molecule has 1 aromatic heterocycles. The molecule has 0 aliphatic rings. The van der Waals surface area contributed by atoms with E-state index in [1.165, 1.54) is 18.2 Å². The van der Waals surface area contributed by atoms with Crippen molar-refractivity contribution in [1.29, 1.82) is 5.26 Å². The van der Waals surface area contributed by atoms with E-state index in [0.29, 0.717) is 22.9 Å². The van der Waals surface area contributed by atoms with Gasteiger partial charge in [-0.15, -0.1) is 0 Å². The van der Waals surface area contributed by atoms with Gasteiger partial charge >= 0.3 is 0 Å². The van der Waals surface area contributed by atoms with Crippen molar-refractivity contribution in [2.75, 3.05) is 0 Å². The Morgan fingerprint density at radius 3 is 2.72 bits per heavy atom. The molecule has 0 saturated carbocycles. The fraction of sp³-hybridized carbons (Fsp3) is 0.143. The number of nitrogens with zero attached hydrogens (tertiary/aromatic N) is 2. The molecule has 1 aromatic carbocycles. The van der Waals surface area contributed by atoms with Gasteiger partial charge in [0.25, 0.3) is 0 Å². The highest BCUT2D eigenvalue weighted by Gasteiger charge is 2.06. The molecule has 0 spiro atoms. The highest BCUT2D eigenvalue weighted by molar-refractivity contribution is 5.39. The number of hydrogen-bond acceptors (Lipinski definition) is 3. The molecule has 0 amide bonds. The van der Waals surface area contributed by atoms with Crippen molar-refractivity contribution < 1.29 is 9.13 Å². The Bertz CT molecular complexity index is 632. The van der Waals surface area contributed by atoms with E-state index < -0.39 is 0 Å². The molecule has 0 aliphatic heterocycles. The standard InChI is InChI=1S/C14H11FN2O/c1-9-3-4-12(15)7-13(9)18-14-6-11(8-16)5-10(2)17-14/h3-7H,1-2H3. The van der Waals surface area contributed by atoms with E-state index in [0.717, 1.165) is 5.56 Å². The van der Waals surface area contributed by atoms with Gasteiger partial charge < -0.3 is 4.74 Å². The molecule has 4 heteroatoms. The van der Waals surface area contributed by atoms with Crippen LogP contribution in [0, 0.1) is 31.0 Å². The van der Waals surface area contributed by atoms with Gasteiger partial charge in [-0.3, -0.25) is 0 Å². The molecule has 1 heterocycles. The average molecular weight is 242 g/mol. The maximum absolute atomic E-state index is 13.1. The zero-order valence-corrected chi connectivity index (χ0v) is 10.1. The molecule has 0 radical (unpaired) electrons. The molecule has 18 heavy (non-hydrogen) atoms. The Morgan fingerprint density at radius 1 is 1.22 bits per heavy atom. The van der Waals surface area contributed by atoms with Crippen LogP contribution < -0.4 is 4.74 Å². The molecule has 0 atom stereocenters. The van der Waals surface area contributed by atoms with Crippen LogP contribution >= 0.6 is 0 Å². The van der Waals surface area contributed by atoms with Crippen molar-refractivity contribution in [1.82, 2.24) is 4.98 Å². The Labute approximate surface area is 104 Å². The maximum Gasteiger partial charge on any atom is 0.220 e. The summed E-state index contributed by atoms with van der Waals surface area (Å²) >= 11 is 0. The van der Waals surface area contributed by atoms with Crippen molar-refractivity contribution in [2.45, 2.75) is 13.8 Å². The van der Waals surface area contributed by atoms with Crippen molar-refractivity contribution in [3.05, 3.63) is 53.0 Å². The fourth-order valence-electron chi connectivity index (χ4n) is 1.55. The molecular formula is C14H11FN2O. The van der Waals surface area contributed by atoms with Gasteiger partial charge in [-0.05, 0) is 31.5 Å². The predicted octanol–water partition coefficient (Wildman–Crippen LogP) is 3.50. The number of aromatic nitrogens is 1. The molecule has 2 aromatic rings. The van der Waals surface area contributed by atoms with Crippen molar-refractivity contribution >= 4 is 0 Å². The third kappa shape index (κ3) is 2.64. The normalized spacial score (nSPS) is 9.89. The summed E-state index contributed by atoms with van der Waals surface area (Å²) in [6.45, 7) is 3.59. The smallest absolute Gasteiger partial charge is 0.220 e. The first-order chi connectivity index (χ1) is 8.58. The third-order valence-corrected chi connectivity index (χ3v) is 2.42. The lowest BCUT2D eigenvalue weighted by atomic mass is 10.2. The molecule has 0 unspecified atom stereocenters. The number of halogens is 1. The van der Waals surface area contributed by atoms with Crippen LogP contribution in [0.25, 0.3) is 0 Å². The summed E-state index contributed by atoms with van der Waals surface area (Å²) in [6.07, 6.45) is 0. The Morgan fingerprint density at radius 2 is 2.00 bits per heavy atom. The van der Waals surface area contributed by atoms with Gasteiger partial charge in [0.2, 0.25) is 5.88 Å². The van der Waals surface area contributed by atoms with E-state index in [1.54, 1.807) is 19.1 Å². The Hall–Kier alpha value is -2.41. The quantitative estimate of drug-likeness (QED) is 0.809. The minimum absolute atomic E-state index is 0.292. The van der Waals surface area contributed by atoms with Crippen molar-refractivity contribution in [3.8, 4) is 17.7 Å². The van der Waals surface area contributed by atoms with Crippen LogP contribution in [0.15, 0.2) is 30.3 Å². The van der Waals surface area contributed by atoms with Gasteiger partial charge in [0.15, 0.2) is 0 Å². The molecule has 90 valence electrons. The summed E-state index contributed by atoms with van der Waals surface area (Å²) in [6, 6.07) is 9.50. The summed E-state index contributed by atoms with van der Waals surface area (Å²) in [5, 5.41) is 8.86. The monoisotopic (exact) mass is 242 g/mol. The van der Waals surface area contributed by atoms with E-state index in [1.807, 2.05) is 13.0 Å². The molecule has 0 fully saturated rings. The zero-order valence-electron chi connectivity index (χ0n) is 10.1. The molecular weight excluding hydrogens is 231 g/mol. The largest absolute Gasteiger partial charge is 0.439 e. The molecule has 3 nitrogen and oxygen atoms in total. The number of nitriles is 1. The second-order valence-electron chi connectivity index (χ2n) is 3.96. The highest BCUT2D eigenvalue weighted by atomic mass is 19.1. The van der Waals surface area contributed by atoms with E-state index in [9.17, 15) is 4.39 Å². The number of benzene rings is 1. The molecule has 0 N–H and O–H groups in total. The van der Waals surface area contributed by atoms with Crippen LogP contribution in [-0.2, 0) is 0 Å². The van der Waals surface area contributed by atoms with Crippen molar-refractivity contribution in [3.63, 3.8) is 0 Å². The van der Waals surface area contributed by atoms with Crippen LogP contribution in [-0.4, -0.2) is 4.98 Å². The molecule has 0 saturated heterocycles. The second-order valence-corrected chi connectivity index (χ2v) is 3.96. The first-order valence-electron chi connectivity index (χ1n) is 5.41. The van der Waals surface area contributed by atoms with Crippen LogP contribution in [0.1, 0.15) is 16.8 Å². The minimum atomic E-state index is -0.372. The lowest BCUT2D eigenvalue weighted by Gasteiger charge is -2.08. The second kappa shape index (κ2) is 4.84. The third-order valence-electron chi connectivity index (χ3n) is 2.42. The topological polar surface area (TPSA) is 45.9 Å². The highest BCUT2D eigenvalue weighted by Crippen LogP contribution is 2.25. The molecule has 0 bridgehead atoms. The summed E-state index contributed by atoms with van der Waals surface area (Å²) in [5.41, 5.74) is 1.95.